The van der Waals surface area contributed by atoms with E-state index in [2.05, 4.69) is 10.4 Å². The van der Waals surface area contributed by atoms with Crippen LogP contribution in [-0.4, -0.2) is 26.7 Å². The SMILES string of the molecule is Nc1c2c(nn1-c1ccccc1)/C(=C\c1ccc(O)cc1)C(=O)NC2=O. The number of phenolic OH excluding ortho intramolecular Hbond substituents is 1. The predicted octanol–water partition coefficient (Wildman–Crippen LogP) is 1.97. The van der Waals surface area contributed by atoms with Crippen molar-refractivity contribution in [3.05, 3.63) is 71.4 Å². The zero-order chi connectivity index (χ0) is 18.3. The normalized spacial score (nSPS) is 15.0. The number of fused-ring (bicyclic) bond motifs is 1. The fourth-order valence-corrected chi connectivity index (χ4v) is 2.82. The molecule has 0 radical (unpaired) electrons. The number of aromatic hydroxyl groups is 1. The molecule has 2 heterocycles. The quantitative estimate of drug-likeness (QED) is 0.485. The molecule has 1 aliphatic heterocycles. The summed E-state index contributed by atoms with van der Waals surface area (Å²) >= 11 is 0. The third kappa shape index (κ3) is 2.51. The highest BCUT2D eigenvalue weighted by atomic mass is 16.3. The van der Waals surface area contributed by atoms with Gasteiger partial charge >= 0.3 is 0 Å². The van der Waals surface area contributed by atoms with Crippen LogP contribution >= 0.6 is 0 Å². The molecule has 0 aliphatic carbocycles. The van der Waals surface area contributed by atoms with Crippen molar-refractivity contribution in [1.29, 1.82) is 0 Å². The average molecular weight is 346 g/mol. The number of anilines is 1. The highest BCUT2D eigenvalue weighted by molar-refractivity contribution is 6.34. The molecule has 0 atom stereocenters. The maximum Gasteiger partial charge on any atom is 0.264 e. The molecule has 0 saturated heterocycles. The summed E-state index contributed by atoms with van der Waals surface area (Å²) in [6, 6.07) is 15.5. The molecular formula is C19H14N4O3. The lowest BCUT2D eigenvalue weighted by atomic mass is 10.00. The number of nitrogens with one attached hydrogen (secondary N) is 1. The number of phenols is 1. The number of nitrogens with zero attached hydrogens (tertiary/aromatic N) is 2. The smallest absolute Gasteiger partial charge is 0.264 e. The van der Waals surface area contributed by atoms with E-state index in [1.54, 1.807) is 30.3 Å². The van der Waals surface area contributed by atoms with E-state index in [4.69, 9.17) is 5.73 Å². The third-order valence-electron chi connectivity index (χ3n) is 4.08. The monoisotopic (exact) mass is 346 g/mol. The molecule has 1 aromatic heterocycles. The van der Waals surface area contributed by atoms with Crippen LogP contribution in [-0.2, 0) is 4.79 Å². The van der Waals surface area contributed by atoms with Crippen LogP contribution in [0.1, 0.15) is 21.6 Å². The van der Waals surface area contributed by atoms with Crippen molar-refractivity contribution in [2.45, 2.75) is 0 Å². The number of carbonyl (C=O) groups excluding carboxylic acids is 2. The van der Waals surface area contributed by atoms with E-state index in [0.717, 1.165) is 0 Å². The maximum absolute atomic E-state index is 12.4. The van der Waals surface area contributed by atoms with E-state index < -0.39 is 11.8 Å². The summed E-state index contributed by atoms with van der Waals surface area (Å²) in [7, 11) is 0. The lowest BCUT2D eigenvalue weighted by Crippen LogP contribution is -2.36. The van der Waals surface area contributed by atoms with Crippen LogP contribution in [0.25, 0.3) is 17.3 Å². The molecule has 2 aromatic carbocycles. The fraction of sp³-hybridized carbons (Fsp3) is 0. The second-order valence-electron chi connectivity index (χ2n) is 5.79. The summed E-state index contributed by atoms with van der Waals surface area (Å²) in [4.78, 5) is 24.6. The summed E-state index contributed by atoms with van der Waals surface area (Å²) in [6.45, 7) is 0. The van der Waals surface area contributed by atoms with Crippen LogP contribution < -0.4 is 11.1 Å². The molecule has 4 rings (SSSR count). The van der Waals surface area contributed by atoms with Crippen molar-refractivity contribution in [2.75, 3.05) is 5.73 Å². The molecule has 7 nitrogen and oxygen atoms in total. The van der Waals surface area contributed by atoms with Crippen molar-refractivity contribution in [2.24, 2.45) is 0 Å². The van der Waals surface area contributed by atoms with Gasteiger partial charge in [0.05, 0.1) is 11.3 Å². The first-order valence-corrected chi connectivity index (χ1v) is 7.85. The highest BCUT2D eigenvalue weighted by Gasteiger charge is 2.34. The molecule has 1 aliphatic rings. The number of hydrogen-bond acceptors (Lipinski definition) is 5. The summed E-state index contributed by atoms with van der Waals surface area (Å²) in [5.74, 6) is -0.845. The number of para-hydroxylation sites is 1. The Morgan fingerprint density at radius 3 is 2.38 bits per heavy atom. The molecular weight excluding hydrogens is 332 g/mol. The van der Waals surface area contributed by atoms with Gasteiger partial charge in [-0.15, -0.1) is 0 Å². The Bertz CT molecular complexity index is 1050. The second kappa shape index (κ2) is 5.89. The van der Waals surface area contributed by atoms with E-state index in [9.17, 15) is 14.7 Å². The van der Waals surface area contributed by atoms with Crippen molar-refractivity contribution in [3.63, 3.8) is 0 Å². The zero-order valence-corrected chi connectivity index (χ0v) is 13.5. The second-order valence-corrected chi connectivity index (χ2v) is 5.79. The Labute approximate surface area is 148 Å². The minimum absolute atomic E-state index is 0.119. The molecule has 0 fully saturated rings. The average Bonchev–Trinajstić information content (AvgIpc) is 2.99. The Balaban J connectivity index is 1.90. The van der Waals surface area contributed by atoms with E-state index in [0.29, 0.717) is 11.3 Å². The van der Waals surface area contributed by atoms with E-state index in [1.165, 1.54) is 16.8 Å². The molecule has 128 valence electrons. The first-order chi connectivity index (χ1) is 12.5. The Hall–Kier alpha value is -3.87. The van der Waals surface area contributed by atoms with Crippen LogP contribution in [0, 0.1) is 0 Å². The molecule has 7 heteroatoms. The van der Waals surface area contributed by atoms with Gasteiger partial charge in [-0.05, 0) is 35.9 Å². The third-order valence-corrected chi connectivity index (χ3v) is 4.08. The number of amides is 2. The number of nitrogen functional groups attached to an aromatic ring is 1. The largest absolute Gasteiger partial charge is 0.508 e. The van der Waals surface area contributed by atoms with Crippen molar-refractivity contribution < 1.29 is 14.7 Å². The van der Waals surface area contributed by atoms with Gasteiger partial charge in [0.25, 0.3) is 11.8 Å². The Morgan fingerprint density at radius 1 is 1.00 bits per heavy atom. The number of nitrogens with two attached hydrogens (primary N) is 1. The van der Waals surface area contributed by atoms with E-state index >= 15 is 0 Å². The summed E-state index contributed by atoms with van der Waals surface area (Å²) in [6.07, 6.45) is 1.60. The number of aromatic nitrogens is 2. The standard InChI is InChI=1S/C19H14N4O3/c20-17-15-16(22-23(17)12-4-2-1-3-5-12)14(18(25)21-19(15)26)10-11-6-8-13(24)9-7-11/h1-10,24H,20H2,(H,21,25,26)/b14-10+. The summed E-state index contributed by atoms with van der Waals surface area (Å²) in [5.41, 5.74) is 8.12. The molecule has 0 bridgehead atoms. The summed E-state index contributed by atoms with van der Waals surface area (Å²) in [5, 5.41) is 16.1. The zero-order valence-electron chi connectivity index (χ0n) is 13.5. The van der Waals surface area contributed by atoms with Crippen molar-refractivity contribution in [3.8, 4) is 11.4 Å². The number of rotatable bonds is 2. The topological polar surface area (TPSA) is 110 Å². The van der Waals surface area contributed by atoms with Gasteiger partial charge in [-0.25, -0.2) is 4.68 Å². The van der Waals surface area contributed by atoms with Gasteiger partial charge in [0.1, 0.15) is 22.8 Å². The molecule has 0 saturated carbocycles. The molecule has 0 unspecified atom stereocenters. The van der Waals surface area contributed by atoms with E-state index in [-0.39, 0.29) is 28.4 Å². The Morgan fingerprint density at radius 2 is 1.69 bits per heavy atom. The van der Waals surface area contributed by atoms with Crippen LogP contribution in [0.2, 0.25) is 0 Å². The molecule has 0 spiro atoms. The van der Waals surface area contributed by atoms with E-state index in [1.807, 2.05) is 18.2 Å². The first kappa shape index (κ1) is 15.6. The predicted molar refractivity (Wildman–Crippen MR) is 96.4 cm³/mol. The number of imide groups is 1. The van der Waals surface area contributed by atoms with Gasteiger partial charge < -0.3 is 10.8 Å². The molecule has 26 heavy (non-hydrogen) atoms. The number of hydrogen-bond donors (Lipinski definition) is 3. The highest BCUT2D eigenvalue weighted by Crippen LogP contribution is 2.31. The van der Waals surface area contributed by atoms with Gasteiger partial charge in [-0.3, -0.25) is 14.9 Å². The fourth-order valence-electron chi connectivity index (χ4n) is 2.82. The summed E-state index contributed by atoms with van der Waals surface area (Å²) < 4.78 is 1.44. The van der Waals surface area contributed by atoms with Crippen LogP contribution in [0.4, 0.5) is 5.82 Å². The lowest BCUT2D eigenvalue weighted by molar-refractivity contribution is -0.114. The number of carbonyl (C=O) groups is 2. The molecule has 4 N–H and O–H groups in total. The lowest BCUT2D eigenvalue weighted by Gasteiger charge is -2.13. The van der Waals surface area contributed by atoms with Crippen LogP contribution in [0.15, 0.2) is 54.6 Å². The minimum Gasteiger partial charge on any atom is -0.508 e. The Kier molecular flexibility index (Phi) is 3.54. The van der Waals surface area contributed by atoms with Gasteiger partial charge in [0, 0.05) is 0 Å². The van der Waals surface area contributed by atoms with Crippen molar-refractivity contribution >= 4 is 29.3 Å². The van der Waals surface area contributed by atoms with Gasteiger partial charge in [-0.2, -0.15) is 5.10 Å². The first-order valence-electron chi connectivity index (χ1n) is 7.85. The van der Waals surface area contributed by atoms with Gasteiger partial charge in [0.15, 0.2) is 0 Å². The van der Waals surface area contributed by atoms with Crippen LogP contribution in [0.5, 0.6) is 5.75 Å². The van der Waals surface area contributed by atoms with Gasteiger partial charge in [-0.1, -0.05) is 30.3 Å². The van der Waals surface area contributed by atoms with Crippen molar-refractivity contribution in [1.82, 2.24) is 15.1 Å². The molecule has 3 aromatic rings. The minimum atomic E-state index is -0.576. The number of benzene rings is 2. The van der Waals surface area contributed by atoms with Gasteiger partial charge in [0.2, 0.25) is 0 Å². The van der Waals surface area contributed by atoms with Crippen LogP contribution in [0.3, 0.4) is 0 Å². The maximum atomic E-state index is 12.4. The molecule has 2 amide bonds.